The Labute approximate surface area is 112 Å². The van der Waals surface area contributed by atoms with Crippen LogP contribution in [0.15, 0.2) is 11.4 Å². The van der Waals surface area contributed by atoms with Crippen LogP contribution in [0.1, 0.15) is 28.1 Å². The molecule has 1 saturated heterocycles. The third-order valence-electron chi connectivity index (χ3n) is 3.41. The third-order valence-corrected chi connectivity index (χ3v) is 4.36. The number of carboxylic acids is 1. The average molecular weight is 268 g/mol. The highest BCUT2D eigenvalue weighted by molar-refractivity contribution is 7.12. The summed E-state index contributed by atoms with van der Waals surface area (Å²) < 4.78 is 0. The zero-order valence-corrected chi connectivity index (χ0v) is 11.5. The first-order chi connectivity index (χ1) is 8.66. The number of nitrogens with one attached hydrogen (secondary N) is 1. The van der Waals surface area contributed by atoms with Gasteiger partial charge >= 0.3 is 5.97 Å². The molecule has 0 radical (unpaired) electrons. The van der Waals surface area contributed by atoms with Crippen molar-refractivity contribution in [1.82, 2.24) is 10.2 Å². The van der Waals surface area contributed by atoms with Crippen molar-refractivity contribution in [1.29, 1.82) is 0 Å². The van der Waals surface area contributed by atoms with Crippen LogP contribution >= 0.6 is 11.3 Å². The van der Waals surface area contributed by atoms with Crippen molar-refractivity contribution in [3.8, 4) is 0 Å². The van der Waals surface area contributed by atoms with E-state index in [1.54, 1.807) is 0 Å². The smallest absolute Gasteiger partial charge is 0.346 e. The number of hydrogen-bond donors (Lipinski definition) is 2. The highest BCUT2D eigenvalue weighted by Crippen LogP contribution is 2.17. The molecule has 0 aromatic carbocycles. The molecule has 2 N–H and O–H groups in total. The summed E-state index contributed by atoms with van der Waals surface area (Å²) in [5.41, 5.74) is 0.900. The van der Waals surface area contributed by atoms with Gasteiger partial charge in [-0.25, -0.2) is 4.79 Å². The van der Waals surface area contributed by atoms with Gasteiger partial charge in [0.05, 0.1) is 0 Å². The maximum absolute atomic E-state index is 11.0. The first-order valence-corrected chi connectivity index (χ1v) is 7.23. The van der Waals surface area contributed by atoms with Gasteiger partial charge in [0.2, 0.25) is 0 Å². The van der Waals surface area contributed by atoms with Crippen LogP contribution in [0.4, 0.5) is 0 Å². The van der Waals surface area contributed by atoms with E-state index in [0.29, 0.717) is 17.3 Å². The summed E-state index contributed by atoms with van der Waals surface area (Å²) in [5.74, 6) is -0.130. The second-order valence-electron chi connectivity index (χ2n) is 4.98. The molecule has 0 aliphatic carbocycles. The fourth-order valence-electron chi connectivity index (χ4n) is 2.51. The van der Waals surface area contributed by atoms with Crippen molar-refractivity contribution in [3.05, 3.63) is 21.9 Å². The molecule has 1 atom stereocenters. The van der Waals surface area contributed by atoms with E-state index in [0.717, 1.165) is 18.7 Å². The maximum atomic E-state index is 11.0. The number of hydrogen-bond acceptors (Lipinski definition) is 4. The van der Waals surface area contributed by atoms with Gasteiger partial charge in [0.1, 0.15) is 4.88 Å². The molecule has 100 valence electrons. The topological polar surface area (TPSA) is 52.6 Å². The summed E-state index contributed by atoms with van der Waals surface area (Å²) in [6, 6.07) is 1.90. The molecule has 4 nitrogen and oxygen atoms in total. The minimum Gasteiger partial charge on any atom is -0.477 e. The fourth-order valence-corrected chi connectivity index (χ4v) is 3.27. The van der Waals surface area contributed by atoms with Gasteiger partial charge in [0.15, 0.2) is 0 Å². The Kier molecular flexibility index (Phi) is 4.74. The Balaban J connectivity index is 1.78. The van der Waals surface area contributed by atoms with Crippen molar-refractivity contribution >= 4 is 17.3 Å². The van der Waals surface area contributed by atoms with E-state index in [2.05, 4.69) is 17.3 Å². The normalized spacial score (nSPS) is 21.1. The lowest BCUT2D eigenvalue weighted by molar-refractivity contribution is 0.0701. The largest absolute Gasteiger partial charge is 0.477 e. The molecule has 1 aromatic heterocycles. The minimum absolute atomic E-state index is 0.461. The molecule has 2 rings (SSSR count). The first kappa shape index (κ1) is 13.5. The van der Waals surface area contributed by atoms with Gasteiger partial charge in [-0.3, -0.25) is 0 Å². The van der Waals surface area contributed by atoms with Crippen LogP contribution in [0.5, 0.6) is 0 Å². The molecule has 1 aliphatic heterocycles. The molecular formula is C13H20N2O2S. The summed E-state index contributed by atoms with van der Waals surface area (Å²) in [5, 5.41) is 14.2. The number of likely N-dealkylation sites (tertiary alicyclic amines) is 1. The lowest BCUT2D eigenvalue weighted by atomic mass is 9.98. The average Bonchev–Trinajstić information content (AvgIpc) is 2.77. The lowest BCUT2D eigenvalue weighted by Gasteiger charge is -2.29. The Hall–Kier alpha value is -0.910. The van der Waals surface area contributed by atoms with Crippen molar-refractivity contribution < 1.29 is 9.90 Å². The summed E-state index contributed by atoms with van der Waals surface area (Å²) in [7, 11) is 2.16. The molecule has 1 aromatic rings. The van der Waals surface area contributed by atoms with Crippen LogP contribution in [0.25, 0.3) is 0 Å². The number of carbonyl (C=O) groups is 1. The quantitative estimate of drug-likeness (QED) is 0.856. The molecule has 2 heterocycles. The zero-order chi connectivity index (χ0) is 13.0. The predicted octanol–water partition coefficient (Wildman–Crippen LogP) is 1.88. The second-order valence-corrected chi connectivity index (χ2v) is 5.90. The third kappa shape index (κ3) is 3.54. The zero-order valence-electron chi connectivity index (χ0n) is 10.7. The van der Waals surface area contributed by atoms with E-state index in [9.17, 15) is 4.79 Å². The van der Waals surface area contributed by atoms with E-state index in [-0.39, 0.29) is 0 Å². The number of rotatable bonds is 5. The number of carboxylic acid groups (broad SMARTS) is 1. The van der Waals surface area contributed by atoms with Gasteiger partial charge in [0, 0.05) is 13.1 Å². The second kappa shape index (κ2) is 6.31. The maximum Gasteiger partial charge on any atom is 0.346 e. The molecule has 18 heavy (non-hydrogen) atoms. The lowest BCUT2D eigenvalue weighted by Crippen LogP contribution is -2.37. The molecule has 1 aliphatic rings. The highest BCUT2D eigenvalue weighted by Gasteiger charge is 2.17. The molecule has 1 unspecified atom stereocenters. The minimum atomic E-state index is -0.820. The molecule has 0 bridgehead atoms. The van der Waals surface area contributed by atoms with Gasteiger partial charge in [-0.15, -0.1) is 11.3 Å². The van der Waals surface area contributed by atoms with Crippen LogP contribution < -0.4 is 5.32 Å². The van der Waals surface area contributed by atoms with Crippen LogP contribution in [0.2, 0.25) is 0 Å². The van der Waals surface area contributed by atoms with Crippen LogP contribution in [0, 0.1) is 5.92 Å². The summed E-state index contributed by atoms with van der Waals surface area (Å²) in [4.78, 5) is 13.8. The van der Waals surface area contributed by atoms with E-state index >= 15 is 0 Å². The Bertz CT molecular complexity index is 405. The van der Waals surface area contributed by atoms with Crippen molar-refractivity contribution in [2.45, 2.75) is 19.4 Å². The van der Waals surface area contributed by atoms with Crippen molar-refractivity contribution in [3.63, 3.8) is 0 Å². The molecule has 0 amide bonds. The monoisotopic (exact) mass is 268 g/mol. The van der Waals surface area contributed by atoms with E-state index in [1.165, 1.54) is 30.7 Å². The first-order valence-electron chi connectivity index (χ1n) is 6.35. The standard InChI is InChI=1S/C13H20N2O2S/c1-15-5-2-3-10(9-15)7-14-8-11-4-6-18-12(11)13(16)17/h4,6,10,14H,2-3,5,7-9H2,1H3,(H,16,17). The molecule has 0 spiro atoms. The molecular weight excluding hydrogens is 248 g/mol. The van der Waals surface area contributed by atoms with Crippen LogP contribution in [-0.2, 0) is 6.54 Å². The molecule has 0 saturated carbocycles. The van der Waals surface area contributed by atoms with Gasteiger partial charge in [-0.1, -0.05) is 0 Å². The van der Waals surface area contributed by atoms with Gasteiger partial charge in [0.25, 0.3) is 0 Å². The number of piperidine rings is 1. The summed E-state index contributed by atoms with van der Waals surface area (Å²) in [6.07, 6.45) is 2.54. The number of nitrogens with zero attached hydrogens (tertiary/aromatic N) is 1. The summed E-state index contributed by atoms with van der Waals surface area (Å²) in [6.45, 7) is 3.97. The van der Waals surface area contributed by atoms with Crippen molar-refractivity contribution in [2.75, 3.05) is 26.7 Å². The SMILES string of the molecule is CN1CCCC(CNCc2ccsc2C(=O)O)C1. The summed E-state index contributed by atoms with van der Waals surface area (Å²) >= 11 is 1.30. The number of aromatic carboxylic acids is 1. The van der Waals surface area contributed by atoms with Gasteiger partial charge < -0.3 is 15.3 Å². The van der Waals surface area contributed by atoms with Gasteiger partial charge in [-0.05, 0) is 55.9 Å². The van der Waals surface area contributed by atoms with E-state index in [4.69, 9.17) is 5.11 Å². The number of thiophene rings is 1. The highest BCUT2D eigenvalue weighted by atomic mass is 32.1. The Morgan fingerprint density at radius 3 is 3.22 bits per heavy atom. The Morgan fingerprint density at radius 1 is 1.67 bits per heavy atom. The van der Waals surface area contributed by atoms with E-state index < -0.39 is 5.97 Å². The van der Waals surface area contributed by atoms with E-state index in [1.807, 2.05) is 11.4 Å². The molecule has 5 heteroatoms. The predicted molar refractivity (Wildman–Crippen MR) is 73.2 cm³/mol. The molecule has 1 fully saturated rings. The van der Waals surface area contributed by atoms with Crippen LogP contribution in [-0.4, -0.2) is 42.7 Å². The fraction of sp³-hybridized carbons (Fsp3) is 0.615. The van der Waals surface area contributed by atoms with Gasteiger partial charge in [-0.2, -0.15) is 0 Å². The van der Waals surface area contributed by atoms with Crippen molar-refractivity contribution in [2.24, 2.45) is 5.92 Å². The Morgan fingerprint density at radius 2 is 2.50 bits per heavy atom. The van der Waals surface area contributed by atoms with Crippen LogP contribution in [0.3, 0.4) is 0 Å².